The summed E-state index contributed by atoms with van der Waals surface area (Å²) in [6, 6.07) is 8.28. The largest absolute Gasteiger partial charge is 0.481 e. The fourth-order valence-electron chi connectivity index (χ4n) is 2.24. The molecule has 3 N–H and O–H groups in total. The molecular formula is C13H14N2O4. The zero-order valence-corrected chi connectivity index (χ0v) is 10.2. The van der Waals surface area contributed by atoms with Crippen molar-refractivity contribution in [2.24, 2.45) is 0 Å². The molecule has 3 amide bonds. The van der Waals surface area contributed by atoms with Crippen molar-refractivity contribution < 1.29 is 19.5 Å². The summed E-state index contributed by atoms with van der Waals surface area (Å²) in [7, 11) is 0. The summed E-state index contributed by atoms with van der Waals surface area (Å²) in [6.45, 7) is 0. The molecule has 100 valence electrons. The lowest BCUT2D eigenvalue weighted by Gasteiger charge is -2.26. The molecule has 1 saturated heterocycles. The monoisotopic (exact) mass is 262 g/mol. The van der Waals surface area contributed by atoms with Gasteiger partial charge in [-0.05, 0) is 18.4 Å². The van der Waals surface area contributed by atoms with E-state index < -0.39 is 23.4 Å². The highest BCUT2D eigenvalue weighted by Crippen LogP contribution is 2.30. The third-order valence-corrected chi connectivity index (χ3v) is 3.15. The van der Waals surface area contributed by atoms with Crippen LogP contribution in [0.2, 0.25) is 0 Å². The Morgan fingerprint density at radius 2 is 1.89 bits per heavy atom. The molecule has 0 saturated carbocycles. The average Bonchev–Trinajstić information content (AvgIpc) is 2.66. The van der Waals surface area contributed by atoms with Crippen LogP contribution in [-0.2, 0) is 15.1 Å². The number of rotatable bonds is 5. The first-order valence-electron chi connectivity index (χ1n) is 5.95. The molecule has 6 nitrogen and oxygen atoms in total. The number of benzene rings is 1. The lowest BCUT2D eigenvalue weighted by atomic mass is 9.85. The van der Waals surface area contributed by atoms with Crippen molar-refractivity contribution in [3.05, 3.63) is 35.9 Å². The first-order chi connectivity index (χ1) is 9.04. The summed E-state index contributed by atoms with van der Waals surface area (Å²) in [5.74, 6) is -1.36. The zero-order valence-electron chi connectivity index (χ0n) is 10.2. The molecular weight excluding hydrogens is 248 g/mol. The molecule has 1 atom stereocenters. The van der Waals surface area contributed by atoms with Gasteiger partial charge >= 0.3 is 12.0 Å². The second-order valence-corrected chi connectivity index (χ2v) is 4.43. The van der Waals surface area contributed by atoms with Crippen LogP contribution >= 0.6 is 0 Å². The summed E-state index contributed by atoms with van der Waals surface area (Å²) in [6.07, 6.45) is 0.510. The summed E-state index contributed by atoms with van der Waals surface area (Å²) >= 11 is 0. The highest BCUT2D eigenvalue weighted by molar-refractivity contribution is 6.07. The fraction of sp³-hybridized carbons (Fsp3) is 0.308. The number of carboxylic acids is 1. The van der Waals surface area contributed by atoms with Gasteiger partial charge in [0, 0.05) is 6.42 Å². The van der Waals surface area contributed by atoms with Crippen LogP contribution in [0.5, 0.6) is 0 Å². The number of urea groups is 1. The second-order valence-electron chi connectivity index (χ2n) is 4.43. The maximum Gasteiger partial charge on any atom is 0.322 e. The third-order valence-electron chi connectivity index (χ3n) is 3.15. The van der Waals surface area contributed by atoms with E-state index in [0.717, 1.165) is 0 Å². The van der Waals surface area contributed by atoms with Crippen molar-refractivity contribution in [1.82, 2.24) is 10.6 Å². The topological polar surface area (TPSA) is 95.5 Å². The van der Waals surface area contributed by atoms with Crippen LogP contribution in [0.25, 0.3) is 0 Å². The van der Waals surface area contributed by atoms with Crippen LogP contribution in [0.4, 0.5) is 4.79 Å². The van der Waals surface area contributed by atoms with Crippen molar-refractivity contribution >= 4 is 17.9 Å². The van der Waals surface area contributed by atoms with Crippen molar-refractivity contribution in [1.29, 1.82) is 0 Å². The predicted molar refractivity (Wildman–Crippen MR) is 66.3 cm³/mol. The lowest BCUT2D eigenvalue weighted by Crippen LogP contribution is -2.43. The molecule has 1 aliphatic heterocycles. The van der Waals surface area contributed by atoms with Gasteiger partial charge in [-0.1, -0.05) is 30.3 Å². The Morgan fingerprint density at radius 3 is 2.42 bits per heavy atom. The van der Waals surface area contributed by atoms with Gasteiger partial charge < -0.3 is 10.4 Å². The number of carbonyl (C=O) groups is 3. The van der Waals surface area contributed by atoms with Crippen molar-refractivity contribution in [2.45, 2.75) is 24.8 Å². The van der Waals surface area contributed by atoms with E-state index in [4.69, 9.17) is 5.11 Å². The number of hydrogen-bond donors (Lipinski definition) is 3. The van der Waals surface area contributed by atoms with E-state index in [-0.39, 0.29) is 12.8 Å². The SMILES string of the molecule is O=C(O)CCC[C@]1(c2ccccc2)NC(=O)NC1=O. The first-order valence-corrected chi connectivity index (χ1v) is 5.95. The molecule has 6 heteroatoms. The van der Waals surface area contributed by atoms with Crippen LogP contribution in [0, 0.1) is 0 Å². The second kappa shape index (κ2) is 5.09. The van der Waals surface area contributed by atoms with E-state index in [0.29, 0.717) is 12.0 Å². The van der Waals surface area contributed by atoms with Gasteiger partial charge in [0.15, 0.2) is 0 Å². The average molecular weight is 262 g/mol. The van der Waals surface area contributed by atoms with Crippen LogP contribution < -0.4 is 10.6 Å². The molecule has 1 fully saturated rings. The Bertz CT molecular complexity index is 515. The minimum absolute atomic E-state index is 0.0439. The Hall–Kier alpha value is -2.37. The Balaban J connectivity index is 2.26. The zero-order chi connectivity index (χ0) is 13.9. The van der Waals surface area contributed by atoms with Gasteiger partial charge in [0.05, 0.1) is 0 Å². The van der Waals surface area contributed by atoms with Crippen LogP contribution in [0.1, 0.15) is 24.8 Å². The minimum Gasteiger partial charge on any atom is -0.481 e. The number of aliphatic carboxylic acids is 1. The van der Waals surface area contributed by atoms with E-state index in [9.17, 15) is 14.4 Å². The number of hydrogen-bond acceptors (Lipinski definition) is 3. The quantitative estimate of drug-likeness (QED) is 0.689. The molecule has 0 spiro atoms. The van der Waals surface area contributed by atoms with E-state index in [1.54, 1.807) is 24.3 Å². The normalized spacial score (nSPS) is 21.9. The summed E-state index contributed by atoms with van der Waals surface area (Å²) < 4.78 is 0. The molecule has 2 rings (SSSR count). The number of carbonyl (C=O) groups excluding carboxylic acids is 2. The molecule has 1 aromatic carbocycles. The summed E-state index contributed by atoms with van der Waals surface area (Å²) in [4.78, 5) is 34.0. The highest BCUT2D eigenvalue weighted by Gasteiger charge is 2.46. The number of nitrogens with one attached hydrogen (secondary N) is 2. The first kappa shape index (κ1) is 13.1. The number of carboxylic acid groups (broad SMARTS) is 1. The van der Waals surface area contributed by atoms with Crippen molar-refractivity contribution in [3.63, 3.8) is 0 Å². The summed E-state index contributed by atoms with van der Waals surface area (Å²) in [5.41, 5.74) is -0.503. The van der Waals surface area contributed by atoms with Crippen LogP contribution in [0.15, 0.2) is 30.3 Å². The van der Waals surface area contributed by atoms with Crippen molar-refractivity contribution in [3.8, 4) is 0 Å². The Morgan fingerprint density at radius 1 is 1.21 bits per heavy atom. The van der Waals surface area contributed by atoms with Crippen molar-refractivity contribution in [2.75, 3.05) is 0 Å². The molecule has 1 aliphatic rings. The van der Waals surface area contributed by atoms with E-state index in [1.165, 1.54) is 0 Å². The predicted octanol–water partition coefficient (Wildman–Crippen LogP) is 0.976. The molecule has 1 aromatic rings. The van der Waals surface area contributed by atoms with Crippen LogP contribution in [0.3, 0.4) is 0 Å². The molecule has 1 heterocycles. The summed E-state index contributed by atoms with van der Waals surface area (Å²) in [5, 5.41) is 13.5. The van der Waals surface area contributed by atoms with Gasteiger partial charge in [-0.25, -0.2) is 4.79 Å². The highest BCUT2D eigenvalue weighted by atomic mass is 16.4. The lowest BCUT2D eigenvalue weighted by molar-refractivity contribution is -0.137. The van der Waals surface area contributed by atoms with Gasteiger partial charge in [0.25, 0.3) is 5.91 Å². The van der Waals surface area contributed by atoms with E-state index in [2.05, 4.69) is 10.6 Å². The Kier molecular flexibility index (Phi) is 3.50. The smallest absolute Gasteiger partial charge is 0.322 e. The number of imide groups is 1. The minimum atomic E-state index is -1.16. The number of amides is 3. The molecule has 0 bridgehead atoms. The van der Waals surface area contributed by atoms with Gasteiger partial charge in [-0.15, -0.1) is 0 Å². The van der Waals surface area contributed by atoms with Gasteiger partial charge in [0.2, 0.25) is 0 Å². The van der Waals surface area contributed by atoms with Gasteiger partial charge in [-0.3, -0.25) is 14.9 Å². The van der Waals surface area contributed by atoms with Gasteiger partial charge in [0.1, 0.15) is 5.54 Å². The maximum absolute atomic E-state index is 12.0. The van der Waals surface area contributed by atoms with Crippen LogP contribution in [-0.4, -0.2) is 23.0 Å². The molecule has 0 radical (unpaired) electrons. The molecule has 0 unspecified atom stereocenters. The van der Waals surface area contributed by atoms with E-state index in [1.807, 2.05) is 6.07 Å². The maximum atomic E-state index is 12.0. The molecule has 19 heavy (non-hydrogen) atoms. The molecule has 0 aromatic heterocycles. The van der Waals surface area contributed by atoms with Gasteiger partial charge in [-0.2, -0.15) is 0 Å². The third kappa shape index (κ3) is 2.57. The standard InChI is InChI=1S/C13H14N2O4/c16-10(17)7-4-8-13(9-5-2-1-3-6-9)11(18)14-12(19)15-13/h1-3,5-6H,4,7-8H2,(H,16,17)(H2,14,15,18,19)/t13-/m1/s1. The molecule has 0 aliphatic carbocycles. The Labute approximate surface area is 109 Å². The fourth-order valence-corrected chi connectivity index (χ4v) is 2.24. The van der Waals surface area contributed by atoms with E-state index >= 15 is 0 Å².